The molecule has 1 atom stereocenters. The largest absolute Gasteiger partial charge is 0.492 e. The number of hydrogen-bond donors (Lipinski definition) is 4. The van der Waals surface area contributed by atoms with Gasteiger partial charge in [0.25, 0.3) is 5.91 Å². The van der Waals surface area contributed by atoms with Gasteiger partial charge in [-0.3, -0.25) is 20.4 Å². The van der Waals surface area contributed by atoms with Crippen LogP contribution in [0.25, 0.3) is 10.4 Å². The first-order valence-corrected chi connectivity index (χ1v) is 14.4. The number of ether oxygens (including phenoxy) is 1. The second-order valence-corrected chi connectivity index (χ2v) is 10.5. The third kappa shape index (κ3) is 8.38. The Morgan fingerprint density at radius 2 is 1.93 bits per heavy atom. The molecule has 1 unspecified atom stereocenters. The predicted molar refractivity (Wildman–Crippen MR) is 158 cm³/mol. The highest BCUT2D eigenvalue weighted by Gasteiger charge is 2.27. The Hall–Kier alpha value is -4.23. The third-order valence-electron chi connectivity index (χ3n) is 6.75. The minimum atomic E-state index is -1.01. The highest BCUT2D eigenvalue weighted by atomic mass is 32.1. The Morgan fingerprint density at radius 3 is 2.61 bits per heavy atom. The molecule has 218 valence electrons. The van der Waals surface area contributed by atoms with E-state index in [9.17, 15) is 19.5 Å². The summed E-state index contributed by atoms with van der Waals surface area (Å²) < 4.78 is 5.89. The van der Waals surface area contributed by atoms with Crippen LogP contribution in [0.5, 0.6) is 5.75 Å². The lowest BCUT2D eigenvalue weighted by molar-refractivity contribution is 0.0889. The molecule has 1 saturated heterocycles. The molecule has 0 saturated carbocycles. The number of carbonyl (C=O) groups is 3. The monoisotopic (exact) mass is 581 g/mol. The standard InChI is InChI=1S/C28H35N7O5S/c1-3-34(4-2)14-15-40-21-9-7-19(8-10-21)23-16-22(25(36)31-20-6-5-13-35(18-20)28(38)39)26(41-23)33-27(37)32-24-17-29-11-12-30-24/h7-12,16-17,20H,3-6,13-15,18H2,1-2H3,(H,31,36)(H,38,39)(H2,30,32,33,37). The van der Waals surface area contributed by atoms with Gasteiger partial charge >= 0.3 is 12.1 Å². The quantitative estimate of drug-likeness (QED) is 0.260. The molecule has 12 nitrogen and oxygen atoms in total. The second kappa shape index (κ2) is 14.4. The van der Waals surface area contributed by atoms with Crippen LogP contribution < -0.4 is 20.7 Å². The zero-order valence-electron chi connectivity index (χ0n) is 23.1. The first kappa shape index (κ1) is 29.7. The van der Waals surface area contributed by atoms with E-state index in [4.69, 9.17) is 4.74 Å². The van der Waals surface area contributed by atoms with Crippen LogP contribution in [0.3, 0.4) is 0 Å². The smallest absolute Gasteiger partial charge is 0.407 e. The molecule has 4 amide bonds. The summed E-state index contributed by atoms with van der Waals surface area (Å²) in [6, 6.07) is 8.42. The van der Waals surface area contributed by atoms with Crippen molar-refractivity contribution in [1.82, 2.24) is 25.1 Å². The second-order valence-electron chi connectivity index (χ2n) is 9.46. The molecule has 1 aromatic carbocycles. The molecule has 41 heavy (non-hydrogen) atoms. The van der Waals surface area contributed by atoms with Crippen LogP contribution in [0.1, 0.15) is 37.0 Å². The van der Waals surface area contributed by atoms with Crippen LogP contribution in [-0.4, -0.2) is 88.3 Å². The number of amides is 4. The molecule has 0 radical (unpaired) electrons. The Labute approximate surface area is 242 Å². The molecule has 4 rings (SSSR count). The number of anilines is 2. The lowest BCUT2D eigenvalue weighted by atomic mass is 10.1. The molecule has 1 aliphatic heterocycles. The number of carboxylic acid groups (broad SMARTS) is 1. The summed E-state index contributed by atoms with van der Waals surface area (Å²) in [6.45, 7) is 8.26. The van der Waals surface area contributed by atoms with Crippen LogP contribution in [0, 0.1) is 0 Å². The lowest BCUT2D eigenvalue weighted by Crippen LogP contribution is -2.49. The minimum absolute atomic E-state index is 0.212. The number of aromatic nitrogens is 2. The van der Waals surface area contributed by atoms with Gasteiger partial charge in [0, 0.05) is 42.9 Å². The van der Waals surface area contributed by atoms with Crippen molar-refractivity contribution in [3.63, 3.8) is 0 Å². The van der Waals surface area contributed by atoms with E-state index in [2.05, 4.69) is 44.7 Å². The fraction of sp³-hybridized carbons (Fsp3) is 0.393. The number of carbonyl (C=O) groups excluding carboxylic acids is 2. The molecule has 0 spiro atoms. The Morgan fingerprint density at radius 1 is 1.15 bits per heavy atom. The molecule has 4 N–H and O–H groups in total. The summed E-state index contributed by atoms with van der Waals surface area (Å²) in [4.78, 5) is 49.9. The number of thiophene rings is 1. The molecule has 1 fully saturated rings. The maximum Gasteiger partial charge on any atom is 0.407 e. The zero-order valence-corrected chi connectivity index (χ0v) is 23.9. The fourth-order valence-electron chi connectivity index (χ4n) is 4.49. The molecule has 0 aliphatic carbocycles. The van der Waals surface area contributed by atoms with Crippen LogP contribution >= 0.6 is 11.3 Å². The molecule has 3 heterocycles. The van der Waals surface area contributed by atoms with Crippen molar-refractivity contribution in [3.05, 3.63) is 54.5 Å². The van der Waals surface area contributed by atoms with Crippen molar-refractivity contribution in [2.45, 2.75) is 32.7 Å². The van der Waals surface area contributed by atoms with E-state index in [0.29, 0.717) is 31.0 Å². The zero-order chi connectivity index (χ0) is 29.2. The Bertz CT molecular complexity index is 1320. The van der Waals surface area contributed by atoms with Crippen molar-refractivity contribution in [1.29, 1.82) is 0 Å². The molecule has 0 bridgehead atoms. The van der Waals surface area contributed by atoms with E-state index in [1.165, 1.54) is 34.8 Å². The van der Waals surface area contributed by atoms with Gasteiger partial charge in [-0.15, -0.1) is 11.3 Å². The first-order valence-electron chi connectivity index (χ1n) is 13.6. The van der Waals surface area contributed by atoms with Gasteiger partial charge in [0.15, 0.2) is 5.82 Å². The number of nitrogens with one attached hydrogen (secondary N) is 3. The maximum absolute atomic E-state index is 13.4. The van der Waals surface area contributed by atoms with Gasteiger partial charge in [-0.1, -0.05) is 13.8 Å². The van der Waals surface area contributed by atoms with Gasteiger partial charge in [0.05, 0.1) is 11.8 Å². The van der Waals surface area contributed by atoms with Crippen molar-refractivity contribution in [3.8, 4) is 16.2 Å². The van der Waals surface area contributed by atoms with E-state index in [0.717, 1.165) is 35.8 Å². The van der Waals surface area contributed by atoms with E-state index >= 15 is 0 Å². The predicted octanol–water partition coefficient (Wildman–Crippen LogP) is 4.44. The van der Waals surface area contributed by atoms with Gasteiger partial charge in [0.2, 0.25) is 0 Å². The topological polar surface area (TPSA) is 149 Å². The van der Waals surface area contributed by atoms with Crippen molar-refractivity contribution in [2.24, 2.45) is 0 Å². The highest BCUT2D eigenvalue weighted by Crippen LogP contribution is 2.36. The number of piperidine rings is 1. The van der Waals surface area contributed by atoms with E-state index in [1.807, 2.05) is 24.3 Å². The van der Waals surface area contributed by atoms with Crippen LogP contribution in [-0.2, 0) is 0 Å². The van der Waals surface area contributed by atoms with Crippen LogP contribution in [0.4, 0.5) is 20.4 Å². The fourth-order valence-corrected chi connectivity index (χ4v) is 5.54. The molecule has 3 aromatic rings. The van der Waals surface area contributed by atoms with Crippen molar-refractivity contribution >= 4 is 40.2 Å². The summed E-state index contributed by atoms with van der Waals surface area (Å²) in [5.41, 5.74) is 1.14. The minimum Gasteiger partial charge on any atom is -0.492 e. The molecule has 1 aliphatic rings. The number of likely N-dealkylation sites (N-methyl/N-ethyl adjacent to an activating group) is 1. The van der Waals surface area contributed by atoms with E-state index in [-0.39, 0.29) is 24.0 Å². The number of hydrogen-bond acceptors (Lipinski definition) is 8. The average molecular weight is 582 g/mol. The molecular formula is C28H35N7O5S. The summed E-state index contributed by atoms with van der Waals surface area (Å²) in [6.07, 6.45) is 4.68. The number of rotatable bonds is 11. The lowest BCUT2D eigenvalue weighted by Gasteiger charge is -2.31. The molecule has 13 heteroatoms. The summed E-state index contributed by atoms with van der Waals surface area (Å²) in [5, 5.41) is 18.0. The number of nitrogens with zero attached hydrogens (tertiary/aromatic N) is 4. The molecular weight excluding hydrogens is 546 g/mol. The van der Waals surface area contributed by atoms with Crippen molar-refractivity contribution < 1.29 is 24.2 Å². The number of urea groups is 1. The Balaban J connectivity index is 1.50. The normalized spacial score (nSPS) is 14.9. The summed E-state index contributed by atoms with van der Waals surface area (Å²) in [5.74, 6) is 0.619. The van der Waals surface area contributed by atoms with Gasteiger partial charge in [-0.25, -0.2) is 14.6 Å². The Kier molecular flexibility index (Phi) is 10.5. The van der Waals surface area contributed by atoms with E-state index in [1.54, 1.807) is 6.07 Å². The SMILES string of the molecule is CCN(CC)CCOc1ccc(-c2cc(C(=O)NC3CCCN(C(=O)O)C3)c(NC(=O)Nc3cnccn3)s2)cc1. The van der Waals surface area contributed by atoms with E-state index < -0.39 is 18.0 Å². The van der Waals surface area contributed by atoms with Gasteiger partial charge in [0.1, 0.15) is 17.4 Å². The van der Waals surface area contributed by atoms with Gasteiger partial charge in [-0.05, 0) is 61.8 Å². The number of benzene rings is 1. The highest BCUT2D eigenvalue weighted by molar-refractivity contribution is 7.20. The molecule has 2 aromatic heterocycles. The van der Waals surface area contributed by atoms with Crippen LogP contribution in [0.15, 0.2) is 48.9 Å². The summed E-state index contributed by atoms with van der Waals surface area (Å²) >= 11 is 1.26. The van der Waals surface area contributed by atoms with Crippen LogP contribution in [0.2, 0.25) is 0 Å². The van der Waals surface area contributed by atoms with Gasteiger partial charge < -0.3 is 25.0 Å². The summed E-state index contributed by atoms with van der Waals surface area (Å²) in [7, 11) is 0. The third-order valence-corrected chi connectivity index (χ3v) is 7.84. The van der Waals surface area contributed by atoms with Crippen molar-refractivity contribution in [2.75, 3.05) is 50.0 Å². The average Bonchev–Trinajstić information content (AvgIpc) is 3.40. The first-order chi connectivity index (χ1) is 19.9. The maximum atomic E-state index is 13.4. The number of likely N-dealkylation sites (tertiary alicyclic amines) is 1. The van der Waals surface area contributed by atoms with Gasteiger partial charge in [-0.2, -0.15) is 0 Å².